The monoisotopic (exact) mass is 356 g/mol. The van der Waals surface area contributed by atoms with Gasteiger partial charge in [-0.1, -0.05) is 72.8 Å². The lowest BCUT2D eigenvalue weighted by atomic mass is 10.1. The van der Waals surface area contributed by atoms with Gasteiger partial charge in [0.2, 0.25) is 0 Å². The molecule has 0 spiro atoms. The number of benzene rings is 4. The van der Waals surface area contributed by atoms with Crippen LogP contribution in [-0.2, 0) is 0 Å². The van der Waals surface area contributed by atoms with Crippen LogP contribution in [0.25, 0.3) is 10.8 Å². The summed E-state index contributed by atoms with van der Waals surface area (Å²) >= 11 is 0. The van der Waals surface area contributed by atoms with Crippen LogP contribution in [0.1, 0.15) is 0 Å². The predicted octanol–water partition coefficient (Wildman–Crippen LogP) is 5.70. The van der Waals surface area contributed by atoms with Crippen LogP contribution in [0.5, 0.6) is 17.2 Å². The summed E-state index contributed by atoms with van der Waals surface area (Å²) in [6.45, 7) is 0.266. The highest BCUT2D eigenvalue weighted by Crippen LogP contribution is 2.27. The van der Waals surface area contributed by atoms with Gasteiger partial charge in [-0.3, -0.25) is 0 Å². The SMILES string of the molecule is c1ccc(OCC(Oc2ccccc2)Oc2cccc3ccccc23)cc1. The second-order valence-corrected chi connectivity index (χ2v) is 6.08. The maximum absolute atomic E-state index is 6.21. The molecule has 4 aromatic rings. The number of para-hydroxylation sites is 2. The molecule has 0 aliphatic carbocycles. The largest absolute Gasteiger partial charge is 0.486 e. The van der Waals surface area contributed by atoms with Gasteiger partial charge in [0.15, 0.2) is 6.61 Å². The van der Waals surface area contributed by atoms with Crippen LogP contribution < -0.4 is 14.2 Å². The molecule has 0 heterocycles. The van der Waals surface area contributed by atoms with Gasteiger partial charge in [0.25, 0.3) is 6.29 Å². The Morgan fingerprint density at radius 2 is 1.19 bits per heavy atom. The van der Waals surface area contributed by atoms with Crippen LogP contribution in [0.3, 0.4) is 0 Å². The van der Waals surface area contributed by atoms with Gasteiger partial charge < -0.3 is 14.2 Å². The molecule has 4 aromatic carbocycles. The lowest BCUT2D eigenvalue weighted by molar-refractivity contribution is -0.0267. The summed E-state index contributed by atoms with van der Waals surface area (Å²) in [4.78, 5) is 0. The van der Waals surface area contributed by atoms with E-state index in [2.05, 4.69) is 12.1 Å². The molecule has 3 heteroatoms. The molecule has 4 rings (SSSR count). The third-order valence-electron chi connectivity index (χ3n) is 4.15. The van der Waals surface area contributed by atoms with Gasteiger partial charge in [0.05, 0.1) is 0 Å². The minimum absolute atomic E-state index is 0.266. The number of rotatable bonds is 7. The van der Waals surface area contributed by atoms with E-state index in [1.165, 1.54) is 0 Å². The molecular formula is C24H20O3. The number of ether oxygens (including phenoxy) is 3. The fraction of sp³-hybridized carbons (Fsp3) is 0.0833. The van der Waals surface area contributed by atoms with Crippen LogP contribution in [0.15, 0.2) is 103 Å². The Morgan fingerprint density at radius 3 is 1.96 bits per heavy atom. The van der Waals surface area contributed by atoms with Crippen molar-refractivity contribution in [2.45, 2.75) is 6.29 Å². The number of fused-ring (bicyclic) bond motifs is 1. The van der Waals surface area contributed by atoms with E-state index >= 15 is 0 Å². The summed E-state index contributed by atoms with van der Waals surface area (Å²) in [5, 5.41) is 2.17. The first-order valence-corrected chi connectivity index (χ1v) is 8.92. The molecule has 0 aliphatic heterocycles. The number of hydrogen-bond acceptors (Lipinski definition) is 3. The molecule has 1 unspecified atom stereocenters. The molecule has 0 aromatic heterocycles. The maximum atomic E-state index is 6.21. The van der Waals surface area contributed by atoms with Crippen molar-refractivity contribution in [1.29, 1.82) is 0 Å². The lowest BCUT2D eigenvalue weighted by Gasteiger charge is -2.21. The zero-order chi connectivity index (χ0) is 18.3. The Kier molecular flexibility index (Phi) is 5.21. The third-order valence-corrected chi connectivity index (χ3v) is 4.15. The van der Waals surface area contributed by atoms with Gasteiger partial charge in [0.1, 0.15) is 17.2 Å². The van der Waals surface area contributed by atoms with E-state index in [1.54, 1.807) is 0 Å². The highest BCUT2D eigenvalue weighted by atomic mass is 16.7. The molecule has 0 radical (unpaired) electrons. The molecule has 27 heavy (non-hydrogen) atoms. The van der Waals surface area contributed by atoms with E-state index < -0.39 is 6.29 Å². The average molecular weight is 356 g/mol. The smallest absolute Gasteiger partial charge is 0.274 e. The van der Waals surface area contributed by atoms with Crippen LogP contribution in [0, 0.1) is 0 Å². The lowest BCUT2D eigenvalue weighted by Crippen LogP contribution is -2.31. The average Bonchev–Trinajstić information content (AvgIpc) is 2.74. The van der Waals surface area contributed by atoms with Crippen molar-refractivity contribution < 1.29 is 14.2 Å². The topological polar surface area (TPSA) is 27.7 Å². The first kappa shape index (κ1) is 17.0. The van der Waals surface area contributed by atoms with Crippen LogP contribution in [0.2, 0.25) is 0 Å². The molecule has 0 fully saturated rings. The van der Waals surface area contributed by atoms with Gasteiger partial charge in [-0.15, -0.1) is 0 Å². The second kappa shape index (κ2) is 8.28. The fourth-order valence-electron chi connectivity index (χ4n) is 2.86. The van der Waals surface area contributed by atoms with E-state index in [0.717, 1.165) is 28.0 Å². The summed E-state index contributed by atoms with van der Waals surface area (Å²) < 4.78 is 18.1. The molecule has 3 nitrogen and oxygen atoms in total. The predicted molar refractivity (Wildman–Crippen MR) is 107 cm³/mol. The summed E-state index contributed by atoms with van der Waals surface area (Å²) in [6.07, 6.45) is -0.585. The van der Waals surface area contributed by atoms with Crippen molar-refractivity contribution in [2.24, 2.45) is 0 Å². The molecule has 0 saturated heterocycles. The highest BCUT2D eigenvalue weighted by molar-refractivity contribution is 5.88. The van der Waals surface area contributed by atoms with Gasteiger partial charge >= 0.3 is 0 Å². The minimum atomic E-state index is -0.585. The van der Waals surface area contributed by atoms with Gasteiger partial charge in [-0.2, -0.15) is 0 Å². The normalized spacial score (nSPS) is 11.7. The first-order chi connectivity index (χ1) is 13.4. The Morgan fingerprint density at radius 1 is 0.556 bits per heavy atom. The van der Waals surface area contributed by atoms with Crippen molar-refractivity contribution >= 4 is 10.8 Å². The van der Waals surface area contributed by atoms with E-state index in [1.807, 2.05) is 91.0 Å². The van der Waals surface area contributed by atoms with Crippen LogP contribution in [0.4, 0.5) is 0 Å². The van der Waals surface area contributed by atoms with Crippen molar-refractivity contribution in [3.8, 4) is 17.2 Å². The van der Waals surface area contributed by atoms with Crippen LogP contribution >= 0.6 is 0 Å². The molecule has 0 bridgehead atoms. The summed E-state index contributed by atoms with van der Waals surface area (Å²) in [5.41, 5.74) is 0. The van der Waals surface area contributed by atoms with Crippen molar-refractivity contribution in [2.75, 3.05) is 6.61 Å². The first-order valence-electron chi connectivity index (χ1n) is 8.92. The summed E-state index contributed by atoms with van der Waals surface area (Å²) in [7, 11) is 0. The van der Waals surface area contributed by atoms with E-state index in [4.69, 9.17) is 14.2 Å². The van der Waals surface area contributed by atoms with Gasteiger partial charge in [0, 0.05) is 5.39 Å². The van der Waals surface area contributed by atoms with E-state index in [-0.39, 0.29) is 6.61 Å². The minimum Gasteiger partial charge on any atom is -0.486 e. The Labute approximate surface area is 158 Å². The molecule has 1 atom stereocenters. The Bertz CT molecular complexity index is 979. The standard InChI is InChI=1S/C24H20O3/c1-3-12-20(13-4-1)25-18-24(26-21-14-5-2-6-15-21)27-23-17-9-11-19-10-7-8-16-22(19)23/h1-17,24H,18H2. The van der Waals surface area contributed by atoms with Crippen molar-refractivity contribution in [3.05, 3.63) is 103 Å². The Hall–Kier alpha value is -3.46. The molecule has 0 saturated carbocycles. The second-order valence-electron chi connectivity index (χ2n) is 6.08. The van der Waals surface area contributed by atoms with Gasteiger partial charge in [-0.25, -0.2) is 0 Å². The number of hydrogen-bond donors (Lipinski definition) is 0. The van der Waals surface area contributed by atoms with E-state index in [0.29, 0.717) is 0 Å². The zero-order valence-corrected chi connectivity index (χ0v) is 14.8. The third kappa shape index (κ3) is 4.39. The molecule has 0 amide bonds. The van der Waals surface area contributed by atoms with Crippen LogP contribution in [-0.4, -0.2) is 12.9 Å². The zero-order valence-electron chi connectivity index (χ0n) is 14.8. The Balaban J connectivity index is 1.56. The molecular weight excluding hydrogens is 336 g/mol. The fourth-order valence-corrected chi connectivity index (χ4v) is 2.86. The van der Waals surface area contributed by atoms with Crippen molar-refractivity contribution in [3.63, 3.8) is 0 Å². The van der Waals surface area contributed by atoms with E-state index in [9.17, 15) is 0 Å². The van der Waals surface area contributed by atoms with Crippen molar-refractivity contribution in [1.82, 2.24) is 0 Å². The maximum Gasteiger partial charge on any atom is 0.274 e. The summed E-state index contributed by atoms with van der Waals surface area (Å²) in [5.74, 6) is 2.28. The molecule has 134 valence electrons. The van der Waals surface area contributed by atoms with Gasteiger partial charge in [-0.05, 0) is 35.7 Å². The summed E-state index contributed by atoms with van der Waals surface area (Å²) in [6, 6.07) is 33.4. The highest BCUT2D eigenvalue weighted by Gasteiger charge is 2.15. The molecule has 0 aliphatic rings. The quantitative estimate of drug-likeness (QED) is 0.397. The molecule has 0 N–H and O–H groups in total.